The van der Waals surface area contributed by atoms with Crippen LogP contribution in [0.1, 0.15) is 74.8 Å². The molecule has 2 saturated carbocycles. The third kappa shape index (κ3) is 4.46. The molecule has 0 spiro atoms. The Balaban J connectivity index is 1.21. The van der Waals surface area contributed by atoms with Gasteiger partial charge in [-0.1, -0.05) is 43.5 Å². The molecule has 1 aromatic carbocycles. The van der Waals surface area contributed by atoms with E-state index in [0.29, 0.717) is 0 Å². The van der Waals surface area contributed by atoms with Gasteiger partial charge in [0.1, 0.15) is 0 Å². The van der Waals surface area contributed by atoms with Gasteiger partial charge in [-0.3, -0.25) is 4.90 Å². The molecule has 2 nitrogen and oxygen atoms in total. The van der Waals surface area contributed by atoms with Crippen molar-refractivity contribution in [2.24, 2.45) is 5.92 Å². The van der Waals surface area contributed by atoms with Gasteiger partial charge in [-0.05, 0) is 81.6 Å². The van der Waals surface area contributed by atoms with Gasteiger partial charge in [0.25, 0.3) is 0 Å². The van der Waals surface area contributed by atoms with Crippen LogP contribution in [-0.2, 0) is 6.54 Å². The highest BCUT2D eigenvalue weighted by atomic mass is 15.1. The largest absolute Gasteiger partial charge is 0.303 e. The topological polar surface area (TPSA) is 6.48 Å². The summed E-state index contributed by atoms with van der Waals surface area (Å²) in [6.45, 7) is 5.06. The number of benzene rings is 1. The molecule has 1 heterocycles. The molecule has 0 atom stereocenters. The molecule has 1 aliphatic heterocycles. The monoisotopic (exact) mass is 340 g/mol. The molecule has 138 valence electrons. The Labute approximate surface area is 154 Å². The lowest BCUT2D eigenvalue weighted by atomic mass is 9.71. The van der Waals surface area contributed by atoms with E-state index < -0.39 is 0 Å². The zero-order chi connectivity index (χ0) is 17.1. The number of hydrogen-bond acceptors (Lipinski definition) is 2. The Morgan fingerprint density at radius 2 is 1.60 bits per heavy atom. The fourth-order valence-corrected chi connectivity index (χ4v) is 5.33. The van der Waals surface area contributed by atoms with Gasteiger partial charge in [0, 0.05) is 19.1 Å². The van der Waals surface area contributed by atoms with E-state index in [9.17, 15) is 0 Å². The van der Waals surface area contributed by atoms with Gasteiger partial charge in [0.2, 0.25) is 0 Å². The van der Waals surface area contributed by atoms with E-state index >= 15 is 0 Å². The smallest absolute Gasteiger partial charge is 0.0233 e. The zero-order valence-electron chi connectivity index (χ0n) is 16.1. The number of nitrogens with zero attached hydrogens (tertiary/aromatic N) is 2. The molecule has 25 heavy (non-hydrogen) atoms. The molecule has 1 saturated heterocycles. The molecular formula is C23H36N2. The predicted octanol–water partition coefficient (Wildman–Crippen LogP) is 5.04. The van der Waals surface area contributed by atoms with Crippen LogP contribution in [0, 0.1) is 5.92 Å². The van der Waals surface area contributed by atoms with Crippen LogP contribution < -0.4 is 0 Å². The molecule has 0 unspecified atom stereocenters. The number of likely N-dealkylation sites (tertiary alicyclic amines) is 1. The molecule has 4 rings (SSSR count). The molecule has 0 bridgehead atoms. The Kier molecular flexibility index (Phi) is 5.77. The summed E-state index contributed by atoms with van der Waals surface area (Å²) < 4.78 is 0. The second-order valence-electron chi connectivity index (χ2n) is 8.99. The first kappa shape index (κ1) is 17.5. The predicted molar refractivity (Wildman–Crippen MR) is 106 cm³/mol. The molecule has 3 fully saturated rings. The van der Waals surface area contributed by atoms with Crippen LogP contribution in [0.3, 0.4) is 0 Å². The van der Waals surface area contributed by atoms with E-state index in [1.807, 2.05) is 0 Å². The van der Waals surface area contributed by atoms with E-state index in [1.54, 1.807) is 5.56 Å². The van der Waals surface area contributed by atoms with Crippen molar-refractivity contribution in [3.05, 3.63) is 35.4 Å². The van der Waals surface area contributed by atoms with Crippen molar-refractivity contribution in [3.63, 3.8) is 0 Å². The molecular weight excluding hydrogens is 304 g/mol. The maximum Gasteiger partial charge on any atom is 0.0233 e. The van der Waals surface area contributed by atoms with Crippen molar-refractivity contribution in [1.82, 2.24) is 9.80 Å². The van der Waals surface area contributed by atoms with Crippen molar-refractivity contribution in [2.75, 3.05) is 26.7 Å². The summed E-state index contributed by atoms with van der Waals surface area (Å²) in [4.78, 5) is 5.27. The average molecular weight is 341 g/mol. The third-order valence-corrected chi connectivity index (χ3v) is 7.04. The molecule has 1 aromatic rings. The Morgan fingerprint density at radius 1 is 0.920 bits per heavy atom. The minimum absolute atomic E-state index is 0.825. The fourth-order valence-electron chi connectivity index (χ4n) is 5.33. The summed E-state index contributed by atoms with van der Waals surface area (Å²) in [5.74, 6) is 1.76. The molecule has 2 heteroatoms. The van der Waals surface area contributed by atoms with Gasteiger partial charge in [-0.25, -0.2) is 0 Å². The zero-order valence-corrected chi connectivity index (χ0v) is 16.1. The summed E-state index contributed by atoms with van der Waals surface area (Å²) in [5.41, 5.74) is 3.08. The highest BCUT2D eigenvalue weighted by molar-refractivity contribution is 5.27. The maximum absolute atomic E-state index is 2.68. The van der Waals surface area contributed by atoms with Gasteiger partial charge >= 0.3 is 0 Å². The summed E-state index contributed by atoms with van der Waals surface area (Å²) in [6, 6.07) is 10.5. The Morgan fingerprint density at radius 3 is 2.28 bits per heavy atom. The highest BCUT2D eigenvalue weighted by Crippen LogP contribution is 2.42. The van der Waals surface area contributed by atoms with E-state index in [0.717, 1.165) is 24.4 Å². The molecule has 0 amide bonds. The molecule has 0 radical (unpaired) electrons. The minimum atomic E-state index is 0.825. The summed E-state index contributed by atoms with van der Waals surface area (Å²) >= 11 is 0. The van der Waals surface area contributed by atoms with Crippen LogP contribution in [-0.4, -0.2) is 42.5 Å². The first-order valence-electron chi connectivity index (χ1n) is 10.8. The van der Waals surface area contributed by atoms with Crippen LogP contribution in [0.5, 0.6) is 0 Å². The van der Waals surface area contributed by atoms with Crippen molar-refractivity contribution in [1.29, 1.82) is 0 Å². The lowest BCUT2D eigenvalue weighted by Gasteiger charge is -2.41. The SMILES string of the molecule is CN(C[C@H]1C[C@H](c2ccc(CN3CCCC3)cc2)C1)C1CCCCC1. The quantitative estimate of drug-likeness (QED) is 0.716. The van der Waals surface area contributed by atoms with Gasteiger partial charge in [-0.15, -0.1) is 0 Å². The van der Waals surface area contributed by atoms with Crippen molar-refractivity contribution in [2.45, 2.75) is 76.3 Å². The summed E-state index contributed by atoms with van der Waals surface area (Å²) in [5, 5.41) is 0. The molecule has 2 aliphatic carbocycles. The first-order chi connectivity index (χ1) is 12.3. The van der Waals surface area contributed by atoms with Crippen molar-refractivity contribution < 1.29 is 0 Å². The van der Waals surface area contributed by atoms with Gasteiger partial charge < -0.3 is 4.90 Å². The van der Waals surface area contributed by atoms with Crippen LogP contribution in [0.4, 0.5) is 0 Å². The van der Waals surface area contributed by atoms with Crippen LogP contribution in [0.25, 0.3) is 0 Å². The Bertz CT molecular complexity index is 520. The maximum atomic E-state index is 2.68. The number of rotatable bonds is 6. The standard InChI is InChI=1S/C23H36N2/c1-24(23-7-3-2-4-8-23)17-20-15-22(16-20)21-11-9-19(10-12-21)18-25-13-5-6-14-25/h9-12,20,22-23H,2-8,13-18H2,1H3/t20-,22-. The first-order valence-corrected chi connectivity index (χ1v) is 10.8. The second-order valence-corrected chi connectivity index (χ2v) is 8.99. The van der Waals surface area contributed by atoms with Crippen LogP contribution in [0.15, 0.2) is 24.3 Å². The van der Waals surface area contributed by atoms with Gasteiger partial charge in [-0.2, -0.15) is 0 Å². The lowest BCUT2D eigenvalue weighted by Crippen LogP contribution is -2.40. The Hall–Kier alpha value is -0.860. The van der Waals surface area contributed by atoms with Crippen LogP contribution >= 0.6 is 0 Å². The normalized spacial score (nSPS) is 28.4. The third-order valence-electron chi connectivity index (χ3n) is 7.04. The minimum Gasteiger partial charge on any atom is -0.303 e. The summed E-state index contributed by atoms with van der Waals surface area (Å²) in [6.07, 6.45) is 12.8. The highest BCUT2D eigenvalue weighted by Gasteiger charge is 2.32. The number of hydrogen-bond donors (Lipinski definition) is 0. The summed E-state index contributed by atoms with van der Waals surface area (Å²) in [7, 11) is 2.37. The second kappa shape index (κ2) is 8.22. The molecule has 0 aromatic heterocycles. The van der Waals surface area contributed by atoms with E-state index in [1.165, 1.54) is 83.0 Å². The molecule has 0 N–H and O–H groups in total. The van der Waals surface area contributed by atoms with Crippen LogP contribution in [0.2, 0.25) is 0 Å². The van der Waals surface area contributed by atoms with Gasteiger partial charge in [0.05, 0.1) is 0 Å². The van der Waals surface area contributed by atoms with Crippen molar-refractivity contribution in [3.8, 4) is 0 Å². The van der Waals surface area contributed by atoms with E-state index in [2.05, 4.69) is 41.1 Å². The van der Waals surface area contributed by atoms with E-state index in [4.69, 9.17) is 0 Å². The molecule has 3 aliphatic rings. The average Bonchev–Trinajstić information content (AvgIpc) is 3.12. The van der Waals surface area contributed by atoms with Gasteiger partial charge in [0.15, 0.2) is 0 Å². The lowest BCUT2D eigenvalue weighted by molar-refractivity contribution is 0.124. The van der Waals surface area contributed by atoms with E-state index in [-0.39, 0.29) is 0 Å². The van der Waals surface area contributed by atoms with Crippen molar-refractivity contribution >= 4 is 0 Å². The fraction of sp³-hybridized carbons (Fsp3) is 0.739.